The lowest BCUT2D eigenvalue weighted by Crippen LogP contribution is -2.47. The Bertz CT molecular complexity index is 829. The predicted octanol–water partition coefficient (Wildman–Crippen LogP) is 4.31. The van der Waals surface area contributed by atoms with E-state index < -0.39 is 0 Å². The summed E-state index contributed by atoms with van der Waals surface area (Å²) in [5, 5.41) is 0. The maximum atomic E-state index is 12.7. The SMILES string of the molecule is COc1cc(C)c(SN(C)CCOCC(=O)N(C)CC2CCC(N3CCC(N(C)C)CC3)CC2)c(C)c1. The molecule has 1 aromatic carbocycles. The molecule has 0 unspecified atom stereocenters. The number of hydrogen-bond acceptors (Lipinski definition) is 7. The summed E-state index contributed by atoms with van der Waals surface area (Å²) in [4.78, 5) is 20.9. The number of benzene rings is 1. The molecule has 3 rings (SSSR count). The molecule has 0 spiro atoms. The standard InChI is InChI=1S/C29H50N4O3S/c1-22-18-27(35-7)19-23(2)29(22)37-32(6)16-17-36-21-28(34)31(5)20-24-8-10-26(11-9-24)33-14-12-25(13-15-33)30(3)4/h18-19,24-26H,8-17,20-21H2,1-7H3. The third-order valence-electron chi connectivity index (χ3n) is 8.21. The topological polar surface area (TPSA) is 48.5 Å². The zero-order valence-corrected chi connectivity index (χ0v) is 25.1. The van der Waals surface area contributed by atoms with E-state index in [9.17, 15) is 4.79 Å². The number of likely N-dealkylation sites (tertiary alicyclic amines) is 1. The van der Waals surface area contributed by atoms with Gasteiger partial charge in [0.05, 0.1) is 13.7 Å². The van der Waals surface area contributed by atoms with Crippen LogP contribution in [0.3, 0.4) is 0 Å². The summed E-state index contributed by atoms with van der Waals surface area (Å²) >= 11 is 1.71. The highest BCUT2D eigenvalue weighted by molar-refractivity contribution is 7.97. The second-order valence-corrected chi connectivity index (χ2v) is 12.5. The molecule has 1 aliphatic carbocycles. The molecule has 0 bridgehead atoms. The molecule has 8 heteroatoms. The van der Waals surface area contributed by atoms with E-state index in [0.717, 1.165) is 30.9 Å². The summed E-state index contributed by atoms with van der Waals surface area (Å²) in [6.07, 6.45) is 7.57. The molecule has 1 aliphatic heterocycles. The first-order chi connectivity index (χ1) is 17.7. The molecule has 1 aromatic rings. The first-order valence-electron chi connectivity index (χ1n) is 13.9. The number of carbonyl (C=O) groups is 1. The van der Waals surface area contributed by atoms with Crippen LogP contribution in [-0.2, 0) is 9.53 Å². The van der Waals surface area contributed by atoms with Gasteiger partial charge in [-0.2, -0.15) is 0 Å². The molecular formula is C29H50N4O3S. The lowest BCUT2D eigenvalue weighted by atomic mass is 9.84. The monoisotopic (exact) mass is 534 g/mol. The van der Waals surface area contributed by atoms with Gasteiger partial charge in [-0.1, -0.05) is 0 Å². The number of nitrogens with zero attached hydrogens (tertiary/aromatic N) is 4. The van der Waals surface area contributed by atoms with Crippen LogP contribution in [0.1, 0.15) is 49.7 Å². The van der Waals surface area contributed by atoms with Crippen molar-refractivity contribution >= 4 is 17.9 Å². The van der Waals surface area contributed by atoms with Crippen LogP contribution in [-0.4, -0.2) is 112 Å². The zero-order valence-electron chi connectivity index (χ0n) is 24.3. The summed E-state index contributed by atoms with van der Waals surface area (Å²) in [5.74, 6) is 1.59. The van der Waals surface area contributed by atoms with E-state index in [4.69, 9.17) is 9.47 Å². The fourth-order valence-corrected chi connectivity index (χ4v) is 6.67. The van der Waals surface area contributed by atoms with Gasteiger partial charge in [0, 0.05) is 37.1 Å². The van der Waals surface area contributed by atoms with Gasteiger partial charge < -0.3 is 24.2 Å². The average Bonchev–Trinajstić information content (AvgIpc) is 2.88. The minimum Gasteiger partial charge on any atom is -0.497 e. The maximum Gasteiger partial charge on any atom is 0.248 e. The van der Waals surface area contributed by atoms with Crippen molar-refractivity contribution in [3.63, 3.8) is 0 Å². The lowest BCUT2D eigenvalue weighted by molar-refractivity contribution is -0.135. The molecule has 1 saturated heterocycles. The van der Waals surface area contributed by atoms with Crippen molar-refractivity contribution in [1.82, 2.24) is 19.0 Å². The molecule has 0 aromatic heterocycles. The van der Waals surface area contributed by atoms with Crippen LogP contribution in [0.4, 0.5) is 0 Å². The Labute approximate surface area is 229 Å². The van der Waals surface area contributed by atoms with Gasteiger partial charge in [0.1, 0.15) is 12.4 Å². The van der Waals surface area contributed by atoms with Gasteiger partial charge in [-0.25, -0.2) is 4.31 Å². The number of carbonyl (C=O) groups excluding carboxylic acids is 1. The average molecular weight is 535 g/mol. The molecule has 0 radical (unpaired) electrons. The van der Waals surface area contributed by atoms with Gasteiger partial charge in [-0.3, -0.25) is 4.79 Å². The number of piperidine rings is 1. The van der Waals surface area contributed by atoms with Crippen LogP contribution in [0.5, 0.6) is 5.75 Å². The fourth-order valence-electron chi connectivity index (χ4n) is 5.79. The van der Waals surface area contributed by atoms with Crippen LogP contribution in [0.2, 0.25) is 0 Å². The van der Waals surface area contributed by atoms with E-state index in [0.29, 0.717) is 12.5 Å². The highest BCUT2D eigenvalue weighted by Gasteiger charge is 2.30. The van der Waals surface area contributed by atoms with E-state index in [1.54, 1.807) is 19.1 Å². The maximum absolute atomic E-state index is 12.7. The van der Waals surface area contributed by atoms with E-state index in [2.05, 4.69) is 61.2 Å². The van der Waals surface area contributed by atoms with Gasteiger partial charge in [0.15, 0.2) is 0 Å². The molecule has 1 saturated carbocycles. The van der Waals surface area contributed by atoms with Gasteiger partial charge in [0.25, 0.3) is 0 Å². The van der Waals surface area contributed by atoms with E-state index in [1.807, 2.05) is 11.9 Å². The third-order valence-corrected chi connectivity index (χ3v) is 9.53. The Morgan fingerprint density at radius 3 is 2.19 bits per heavy atom. The highest BCUT2D eigenvalue weighted by Crippen LogP contribution is 2.32. The van der Waals surface area contributed by atoms with Gasteiger partial charge in [0.2, 0.25) is 5.91 Å². The molecule has 1 heterocycles. The van der Waals surface area contributed by atoms with Crippen LogP contribution in [0.25, 0.3) is 0 Å². The summed E-state index contributed by atoms with van der Waals surface area (Å²) < 4.78 is 13.3. The number of hydrogen-bond donors (Lipinski definition) is 0. The molecule has 2 aliphatic rings. The number of ether oxygens (including phenoxy) is 2. The Hall–Kier alpha value is -1.32. The predicted molar refractivity (Wildman–Crippen MR) is 153 cm³/mol. The summed E-state index contributed by atoms with van der Waals surface area (Å²) in [7, 11) is 10.1. The van der Waals surface area contributed by atoms with E-state index in [-0.39, 0.29) is 12.5 Å². The first-order valence-corrected chi connectivity index (χ1v) is 14.7. The van der Waals surface area contributed by atoms with E-state index >= 15 is 0 Å². The third kappa shape index (κ3) is 9.13. The molecule has 7 nitrogen and oxygen atoms in total. The Kier molecular flexibility index (Phi) is 12.0. The van der Waals surface area contributed by atoms with Gasteiger partial charge in [-0.05, 0) is 128 Å². The molecule has 0 atom stereocenters. The molecule has 2 fully saturated rings. The number of methoxy groups -OCH3 is 1. The largest absolute Gasteiger partial charge is 0.497 e. The molecule has 210 valence electrons. The summed E-state index contributed by atoms with van der Waals surface area (Å²) in [6, 6.07) is 5.61. The van der Waals surface area contributed by atoms with Crippen LogP contribution < -0.4 is 4.74 Å². The zero-order chi connectivity index (χ0) is 26.9. The van der Waals surface area contributed by atoms with Crippen LogP contribution in [0, 0.1) is 19.8 Å². The number of amides is 1. The second-order valence-electron chi connectivity index (χ2n) is 11.3. The van der Waals surface area contributed by atoms with Gasteiger partial charge in [-0.15, -0.1) is 0 Å². The van der Waals surface area contributed by atoms with Crippen molar-refractivity contribution in [1.29, 1.82) is 0 Å². The highest BCUT2D eigenvalue weighted by atomic mass is 32.2. The number of likely N-dealkylation sites (N-methyl/N-ethyl adjacent to an activating group) is 2. The summed E-state index contributed by atoms with van der Waals surface area (Å²) in [6.45, 7) is 8.99. The van der Waals surface area contributed by atoms with Gasteiger partial charge >= 0.3 is 0 Å². The van der Waals surface area contributed by atoms with Crippen molar-refractivity contribution in [2.75, 3.05) is 74.7 Å². The number of aryl methyl sites for hydroxylation is 2. The summed E-state index contributed by atoms with van der Waals surface area (Å²) in [5.41, 5.74) is 2.41. The normalized spacial score (nSPS) is 21.5. The Morgan fingerprint density at radius 2 is 1.62 bits per heavy atom. The van der Waals surface area contributed by atoms with Crippen LogP contribution >= 0.6 is 11.9 Å². The van der Waals surface area contributed by atoms with Crippen molar-refractivity contribution in [2.45, 2.75) is 69.4 Å². The van der Waals surface area contributed by atoms with Crippen molar-refractivity contribution in [3.05, 3.63) is 23.3 Å². The van der Waals surface area contributed by atoms with Crippen molar-refractivity contribution in [2.24, 2.45) is 5.92 Å². The second kappa shape index (κ2) is 14.7. The molecule has 0 N–H and O–H groups in total. The van der Waals surface area contributed by atoms with Crippen molar-refractivity contribution < 1.29 is 14.3 Å². The lowest BCUT2D eigenvalue weighted by Gasteiger charge is -2.42. The smallest absolute Gasteiger partial charge is 0.248 e. The van der Waals surface area contributed by atoms with E-state index in [1.165, 1.54) is 67.6 Å². The van der Waals surface area contributed by atoms with Crippen molar-refractivity contribution in [3.8, 4) is 5.75 Å². The quantitative estimate of drug-likeness (QED) is 0.293. The Balaban J connectivity index is 1.29. The fraction of sp³-hybridized carbons (Fsp3) is 0.759. The molecular weight excluding hydrogens is 484 g/mol. The Morgan fingerprint density at radius 1 is 1.00 bits per heavy atom. The molecule has 1 amide bonds. The first kappa shape index (κ1) is 30.2. The minimum atomic E-state index is 0.0880. The minimum absolute atomic E-state index is 0.0880. The molecule has 37 heavy (non-hydrogen) atoms. The van der Waals surface area contributed by atoms with Crippen LogP contribution in [0.15, 0.2) is 17.0 Å². The number of rotatable bonds is 12.